The molecule has 0 fully saturated rings. The average Bonchev–Trinajstić information content (AvgIpc) is 2.17. The normalized spacial score (nSPS) is 12.1. The smallest absolute Gasteiger partial charge is 0.113 e. The monoisotopic (exact) mass is 160 g/mol. The lowest BCUT2D eigenvalue weighted by atomic mass is 10.2. The Morgan fingerprint density at radius 2 is 2.33 bits per heavy atom. The predicted molar refractivity (Wildman–Crippen MR) is 49.6 cm³/mol. The third kappa shape index (κ3) is 1.84. The van der Waals surface area contributed by atoms with Gasteiger partial charge in [-0.25, -0.2) is 4.98 Å². The molecule has 1 N–H and O–H groups in total. The van der Waals surface area contributed by atoms with E-state index in [1.807, 2.05) is 32.2 Å². The van der Waals surface area contributed by atoms with E-state index in [9.17, 15) is 0 Å². The molecule has 12 heavy (non-hydrogen) atoms. The van der Waals surface area contributed by atoms with E-state index in [4.69, 9.17) is 6.42 Å². The molecule has 0 saturated heterocycles. The van der Waals surface area contributed by atoms with Crippen molar-refractivity contribution >= 4 is 0 Å². The van der Waals surface area contributed by atoms with Crippen molar-refractivity contribution in [2.45, 2.75) is 13.0 Å². The van der Waals surface area contributed by atoms with Crippen LogP contribution < -0.4 is 5.32 Å². The number of hydrogen-bond acceptors (Lipinski definition) is 2. The Bertz CT molecular complexity index is 299. The quantitative estimate of drug-likeness (QED) is 0.660. The first-order valence-electron chi connectivity index (χ1n) is 3.88. The third-order valence-electron chi connectivity index (χ3n) is 1.80. The Kier molecular flexibility index (Phi) is 2.84. The van der Waals surface area contributed by atoms with E-state index in [0.29, 0.717) is 5.69 Å². The highest BCUT2D eigenvalue weighted by atomic mass is 14.9. The minimum Gasteiger partial charge on any atom is -0.312 e. The lowest BCUT2D eigenvalue weighted by molar-refractivity contribution is 0.632. The summed E-state index contributed by atoms with van der Waals surface area (Å²) >= 11 is 0. The van der Waals surface area contributed by atoms with E-state index in [1.165, 1.54) is 0 Å². The number of aromatic nitrogens is 1. The van der Waals surface area contributed by atoms with E-state index in [2.05, 4.69) is 16.2 Å². The number of hydrogen-bond donors (Lipinski definition) is 1. The average molecular weight is 160 g/mol. The van der Waals surface area contributed by atoms with Crippen molar-refractivity contribution in [1.29, 1.82) is 0 Å². The fourth-order valence-electron chi connectivity index (χ4n) is 0.921. The van der Waals surface area contributed by atoms with Gasteiger partial charge in [0.1, 0.15) is 5.69 Å². The highest BCUT2D eigenvalue weighted by Gasteiger charge is 2.02. The van der Waals surface area contributed by atoms with Gasteiger partial charge in [0.25, 0.3) is 0 Å². The summed E-state index contributed by atoms with van der Waals surface area (Å²) in [5, 5.41) is 3.10. The lowest BCUT2D eigenvalue weighted by Crippen LogP contribution is -2.13. The van der Waals surface area contributed by atoms with Gasteiger partial charge in [-0.3, -0.25) is 0 Å². The van der Waals surface area contributed by atoms with Crippen molar-refractivity contribution in [1.82, 2.24) is 10.3 Å². The molecule has 0 aliphatic carbocycles. The fraction of sp³-hybridized carbons (Fsp3) is 0.300. The maximum atomic E-state index is 5.23. The molecule has 0 aromatic carbocycles. The van der Waals surface area contributed by atoms with E-state index in [-0.39, 0.29) is 6.04 Å². The molecule has 0 aliphatic heterocycles. The fourth-order valence-corrected chi connectivity index (χ4v) is 0.921. The van der Waals surface area contributed by atoms with Crippen LogP contribution in [0.3, 0.4) is 0 Å². The molecular formula is C10H12N2. The zero-order valence-corrected chi connectivity index (χ0v) is 7.33. The van der Waals surface area contributed by atoms with Crippen LogP contribution in [-0.2, 0) is 0 Å². The first kappa shape index (κ1) is 8.76. The lowest BCUT2D eigenvalue weighted by Gasteiger charge is -2.08. The second-order valence-corrected chi connectivity index (χ2v) is 2.60. The van der Waals surface area contributed by atoms with Crippen molar-refractivity contribution in [2.75, 3.05) is 7.05 Å². The summed E-state index contributed by atoms with van der Waals surface area (Å²) in [6.07, 6.45) is 5.23. The predicted octanol–water partition coefficient (Wildman–Crippen LogP) is 1.34. The number of rotatable bonds is 2. The molecule has 1 atom stereocenters. The van der Waals surface area contributed by atoms with Crippen LogP contribution >= 0.6 is 0 Å². The van der Waals surface area contributed by atoms with Gasteiger partial charge in [-0.1, -0.05) is 12.0 Å². The molecule has 1 rings (SSSR count). The van der Waals surface area contributed by atoms with Gasteiger partial charge in [-0.15, -0.1) is 6.42 Å². The van der Waals surface area contributed by atoms with Crippen LogP contribution in [0.1, 0.15) is 24.4 Å². The van der Waals surface area contributed by atoms with Crippen LogP contribution in [0.15, 0.2) is 18.2 Å². The van der Waals surface area contributed by atoms with Gasteiger partial charge in [-0.2, -0.15) is 0 Å². The van der Waals surface area contributed by atoms with Crippen LogP contribution in [0.5, 0.6) is 0 Å². The van der Waals surface area contributed by atoms with Gasteiger partial charge in [0.2, 0.25) is 0 Å². The van der Waals surface area contributed by atoms with Gasteiger partial charge in [0.05, 0.1) is 5.69 Å². The molecule has 1 heterocycles. The van der Waals surface area contributed by atoms with Crippen molar-refractivity contribution in [3.63, 3.8) is 0 Å². The first-order valence-corrected chi connectivity index (χ1v) is 3.88. The summed E-state index contributed by atoms with van der Waals surface area (Å²) in [7, 11) is 1.90. The van der Waals surface area contributed by atoms with E-state index in [0.717, 1.165) is 5.69 Å². The van der Waals surface area contributed by atoms with Gasteiger partial charge < -0.3 is 5.32 Å². The van der Waals surface area contributed by atoms with Crippen molar-refractivity contribution in [3.8, 4) is 12.3 Å². The molecular weight excluding hydrogens is 148 g/mol. The van der Waals surface area contributed by atoms with Crippen LogP contribution in [0.25, 0.3) is 0 Å². The Balaban J connectivity index is 2.95. The minimum absolute atomic E-state index is 0.248. The second-order valence-electron chi connectivity index (χ2n) is 2.60. The Hall–Kier alpha value is -1.33. The van der Waals surface area contributed by atoms with Crippen molar-refractivity contribution in [3.05, 3.63) is 29.6 Å². The van der Waals surface area contributed by atoms with Gasteiger partial charge in [-0.05, 0) is 26.1 Å². The molecule has 0 radical (unpaired) electrons. The summed E-state index contributed by atoms with van der Waals surface area (Å²) in [6, 6.07) is 5.96. The maximum absolute atomic E-state index is 5.23. The summed E-state index contributed by atoms with van der Waals surface area (Å²) < 4.78 is 0. The van der Waals surface area contributed by atoms with Gasteiger partial charge in [0, 0.05) is 6.04 Å². The highest BCUT2D eigenvalue weighted by Crippen LogP contribution is 2.08. The topological polar surface area (TPSA) is 24.9 Å². The standard InChI is InChI=1S/C10H12N2/c1-4-9-6-5-7-10(12-9)8(2)11-3/h1,5-8,11H,2-3H3/t8-/m0/s1. The van der Waals surface area contributed by atoms with Crippen LogP contribution in [0.2, 0.25) is 0 Å². The number of nitrogens with one attached hydrogen (secondary N) is 1. The molecule has 0 unspecified atom stereocenters. The second kappa shape index (κ2) is 3.89. The van der Waals surface area contributed by atoms with Crippen molar-refractivity contribution < 1.29 is 0 Å². The molecule has 2 heteroatoms. The molecule has 0 spiro atoms. The van der Waals surface area contributed by atoms with Gasteiger partial charge >= 0.3 is 0 Å². The molecule has 0 aliphatic rings. The Labute approximate surface area is 73.0 Å². The summed E-state index contributed by atoms with van der Waals surface area (Å²) in [5.74, 6) is 2.51. The van der Waals surface area contributed by atoms with Crippen molar-refractivity contribution in [2.24, 2.45) is 0 Å². The zero-order valence-electron chi connectivity index (χ0n) is 7.33. The number of nitrogens with zero attached hydrogens (tertiary/aromatic N) is 1. The summed E-state index contributed by atoms with van der Waals surface area (Å²) in [4.78, 5) is 4.26. The number of terminal acetylenes is 1. The third-order valence-corrected chi connectivity index (χ3v) is 1.80. The molecule has 1 aromatic rings. The molecule has 62 valence electrons. The molecule has 2 nitrogen and oxygen atoms in total. The molecule has 0 saturated carbocycles. The Morgan fingerprint density at radius 3 is 2.92 bits per heavy atom. The van der Waals surface area contributed by atoms with Crippen LogP contribution in [-0.4, -0.2) is 12.0 Å². The Morgan fingerprint density at radius 1 is 1.58 bits per heavy atom. The zero-order chi connectivity index (χ0) is 8.97. The first-order chi connectivity index (χ1) is 5.77. The number of pyridine rings is 1. The minimum atomic E-state index is 0.248. The largest absolute Gasteiger partial charge is 0.312 e. The van der Waals surface area contributed by atoms with E-state index in [1.54, 1.807) is 0 Å². The summed E-state index contributed by atoms with van der Waals surface area (Å²) in [6.45, 7) is 2.04. The van der Waals surface area contributed by atoms with Gasteiger partial charge in [0.15, 0.2) is 0 Å². The van der Waals surface area contributed by atoms with E-state index < -0.39 is 0 Å². The molecule has 0 amide bonds. The van der Waals surface area contributed by atoms with E-state index >= 15 is 0 Å². The maximum Gasteiger partial charge on any atom is 0.113 e. The van der Waals surface area contributed by atoms with Crippen LogP contribution in [0.4, 0.5) is 0 Å². The SMILES string of the molecule is C#Cc1cccc([C@H](C)NC)n1. The molecule has 1 aromatic heterocycles. The van der Waals surface area contributed by atoms with Crippen LogP contribution in [0, 0.1) is 12.3 Å². The summed E-state index contributed by atoms with van der Waals surface area (Å²) in [5.41, 5.74) is 1.67. The molecule has 0 bridgehead atoms. The highest BCUT2D eigenvalue weighted by molar-refractivity contribution is 5.26.